The highest BCUT2D eigenvalue weighted by Crippen LogP contribution is 2.23. The molecule has 0 atom stereocenters. The third kappa shape index (κ3) is 1.39. The first kappa shape index (κ1) is 8.88. The van der Waals surface area contributed by atoms with Crippen LogP contribution in [-0.4, -0.2) is 11.7 Å². The Hall–Kier alpha value is -1.70. The summed E-state index contributed by atoms with van der Waals surface area (Å²) in [5, 5.41) is 0. The summed E-state index contributed by atoms with van der Waals surface area (Å²) in [5.74, 6) is 0.895. The van der Waals surface area contributed by atoms with Crippen molar-refractivity contribution in [2.24, 2.45) is 0 Å². The molecular formula is C12H13NO. The van der Waals surface area contributed by atoms with Crippen LogP contribution in [0.15, 0.2) is 42.6 Å². The fourth-order valence-corrected chi connectivity index (χ4v) is 1.57. The summed E-state index contributed by atoms with van der Waals surface area (Å²) in [6.07, 6.45) is 2.03. The summed E-state index contributed by atoms with van der Waals surface area (Å²) in [7, 11) is 1.69. The van der Waals surface area contributed by atoms with Gasteiger partial charge in [-0.1, -0.05) is 12.1 Å². The summed E-state index contributed by atoms with van der Waals surface area (Å²) in [6.45, 7) is 2.08. The van der Waals surface area contributed by atoms with E-state index in [4.69, 9.17) is 4.74 Å². The van der Waals surface area contributed by atoms with Gasteiger partial charge in [0.1, 0.15) is 5.75 Å². The number of nitrogens with zero attached hydrogens (tertiary/aromatic N) is 1. The van der Waals surface area contributed by atoms with E-state index in [-0.39, 0.29) is 0 Å². The number of ether oxygens (including phenoxy) is 1. The average Bonchev–Trinajstić information content (AvgIpc) is 2.64. The van der Waals surface area contributed by atoms with Crippen LogP contribution < -0.4 is 4.74 Å². The first-order valence-electron chi connectivity index (χ1n) is 4.60. The highest BCUT2D eigenvalue weighted by Gasteiger charge is 2.04. The van der Waals surface area contributed by atoms with Gasteiger partial charge in [0, 0.05) is 11.9 Å². The second kappa shape index (κ2) is 3.58. The maximum Gasteiger partial charge on any atom is 0.142 e. The molecule has 14 heavy (non-hydrogen) atoms. The highest BCUT2D eigenvalue weighted by atomic mass is 16.5. The minimum absolute atomic E-state index is 0.895. The van der Waals surface area contributed by atoms with E-state index in [0.29, 0.717) is 0 Å². The van der Waals surface area contributed by atoms with Gasteiger partial charge < -0.3 is 9.30 Å². The number of methoxy groups -OCH3 is 1. The molecular weight excluding hydrogens is 174 g/mol. The zero-order valence-electron chi connectivity index (χ0n) is 8.40. The van der Waals surface area contributed by atoms with Crippen LogP contribution in [0.1, 0.15) is 5.69 Å². The molecule has 72 valence electrons. The Labute approximate surface area is 83.8 Å². The highest BCUT2D eigenvalue weighted by molar-refractivity contribution is 5.47. The van der Waals surface area contributed by atoms with E-state index in [1.165, 1.54) is 5.69 Å². The summed E-state index contributed by atoms with van der Waals surface area (Å²) < 4.78 is 7.41. The van der Waals surface area contributed by atoms with Gasteiger partial charge >= 0.3 is 0 Å². The molecule has 0 bridgehead atoms. The van der Waals surface area contributed by atoms with Crippen molar-refractivity contribution in [3.63, 3.8) is 0 Å². The van der Waals surface area contributed by atoms with Crippen molar-refractivity contribution in [1.82, 2.24) is 4.57 Å². The van der Waals surface area contributed by atoms with Gasteiger partial charge in [0.15, 0.2) is 0 Å². The zero-order chi connectivity index (χ0) is 9.97. The molecule has 1 aromatic heterocycles. The van der Waals surface area contributed by atoms with Gasteiger partial charge in [-0.05, 0) is 31.2 Å². The molecule has 0 saturated carbocycles. The summed E-state index contributed by atoms with van der Waals surface area (Å²) >= 11 is 0. The van der Waals surface area contributed by atoms with E-state index in [1.807, 2.05) is 36.5 Å². The van der Waals surface area contributed by atoms with Crippen molar-refractivity contribution < 1.29 is 4.74 Å². The number of hydrogen-bond acceptors (Lipinski definition) is 1. The predicted molar refractivity (Wildman–Crippen MR) is 57.1 cm³/mol. The van der Waals surface area contributed by atoms with E-state index in [1.54, 1.807) is 7.11 Å². The molecule has 0 N–H and O–H groups in total. The van der Waals surface area contributed by atoms with Gasteiger partial charge in [-0.25, -0.2) is 0 Å². The minimum atomic E-state index is 0.895. The second-order valence-electron chi connectivity index (χ2n) is 3.19. The zero-order valence-corrected chi connectivity index (χ0v) is 8.40. The van der Waals surface area contributed by atoms with E-state index < -0.39 is 0 Å². The Bertz CT molecular complexity index is 431. The van der Waals surface area contributed by atoms with Crippen molar-refractivity contribution in [1.29, 1.82) is 0 Å². The van der Waals surface area contributed by atoms with E-state index in [0.717, 1.165) is 11.4 Å². The van der Waals surface area contributed by atoms with Crippen LogP contribution in [0.5, 0.6) is 5.75 Å². The number of aryl methyl sites for hydroxylation is 1. The Balaban J connectivity index is 2.56. The molecule has 2 aromatic rings. The van der Waals surface area contributed by atoms with Crippen molar-refractivity contribution in [2.75, 3.05) is 7.11 Å². The largest absolute Gasteiger partial charge is 0.495 e. The molecule has 0 unspecified atom stereocenters. The van der Waals surface area contributed by atoms with E-state index in [9.17, 15) is 0 Å². The molecule has 1 heterocycles. The number of benzene rings is 1. The van der Waals surface area contributed by atoms with Gasteiger partial charge in [-0.2, -0.15) is 0 Å². The third-order valence-corrected chi connectivity index (χ3v) is 2.30. The maximum absolute atomic E-state index is 5.30. The molecule has 2 rings (SSSR count). The topological polar surface area (TPSA) is 14.2 Å². The first-order valence-corrected chi connectivity index (χ1v) is 4.60. The molecule has 0 amide bonds. The molecule has 0 aliphatic rings. The van der Waals surface area contributed by atoms with Gasteiger partial charge in [-0.15, -0.1) is 0 Å². The van der Waals surface area contributed by atoms with E-state index >= 15 is 0 Å². The SMILES string of the molecule is COc1ccccc1-n1cccc1C. The lowest BCUT2D eigenvalue weighted by Crippen LogP contribution is -1.97. The molecule has 2 nitrogen and oxygen atoms in total. The van der Waals surface area contributed by atoms with Gasteiger partial charge in [0.05, 0.1) is 12.8 Å². The normalized spacial score (nSPS) is 10.1. The smallest absolute Gasteiger partial charge is 0.142 e. The quantitative estimate of drug-likeness (QED) is 0.705. The van der Waals surface area contributed by atoms with Crippen LogP contribution in [0.25, 0.3) is 5.69 Å². The lowest BCUT2D eigenvalue weighted by molar-refractivity contribution is 0.412. The van der Waals surface area contributed by atoms with Gasteiger partial charge in [0.25, 0.3) is 0 Å². The average molecular weight is 187 g/mol. The fraction of sp³-hybridized carbons (Fsp3) is 0.167. The van der Waals surface area contributed by atoms with Crippen LogP contribution in [0.4, 0.5) is 0 Å². The second-order valence-corrected chi connectivity index (χ2v) is 3.19. The van der Waals surface area contributed by atoms with Crippen LogP contribution in [0, 0.1) is 6.92 Å². The van der Waals surface area contributed by atoms with Gasteiger partial charge in [0.2, 0.25) is 0 Å². The Morgan fingerprint density at radius 1 is 1.07 bits per heavy atom. The Morgan fingerprint density at radius 3 is 2.50 bits per heavy atom. The molecule has 0 saturated heterocycles. The lowest BCUT2D eigenvalue weighted by atomic mass is 10.3. The molecule has 2 heteroatoms. The molecule has 0 aliphatic carbocycles. The number of para-hydroxylation sites is 2. The van der Waals surface area contributed by atoms with Crippen LogP contribution in [0.2, 0.25) is 0 Å². The summed E-state index contributed by atoms with van der Waals surface area (Å²) in [6, 6.07) is 12.1. The maximum atomic E-state index is 5.30. The monoisotopic (exact) mass is 187 g/mol. The van der Waals surface area contributed by atoms with Crippen LogP contribution >= 0.6 is 0 Å². The predicted octanol–water partition coefficient (Wildman–Crippen LogP) is 2.79. The van der Waals surface area contributed by atoms with E-state index in [2.05, 4.69) is 17.6 Å². The fourth-order valence-electron chi connectivity index (χ4n) is 1.57. The van der Waals surface area contributed by atoms with Crippen molar-refractivity contribution >= 4 is 0 Å². The van der Waals surface area contributed by atoms with Crippen molar-refractivity contribution in [3.8, 4) is 11.4 Å². The van der Waals surface area contributed by atoms with Crippen molar-refractivity contribution in [2.45, 2.75) is 6.92 Å². The lowest BCUT2D eigenvalue weighted by Gasteiger charge is -2.10. The molecule has 0 aliphatic heterocycles. The third-order valence-electron chi connectivity index (χ3n) is 2.30. The van der Waals surface area contributed by atoms with Gasteiger partial charge in [-0.3, -0.25) is 0 Å². The Kier molecular flexibility index (Phi) is 2.27. The summed E-state index contributed by atoms with van der Waals surface area (Å²) in [5.41, 5.74) is 2.28. The first-order chi connectivity index (χ1) is 6.83. The van der Waals surface area contributed by atoms with Crippen molar-refractivity contribution in [3.05, 3.63) is 48.3 Å². The molecule has 0 fully saturated rings. The molecule has 0 radical (unpaired) electrons. The standard InChI is InChI=1S/C12H13NO/c1-10-6-5-9-13(10)11-7-3-4-8-12(11)14-2/h3-9H,1-2H3. The Morgan fingerprint density at radius 2 is 1.86 bits per heavy atom. The number of aromatic nitrogens is 1. The summed E-state index contributed by atoms with van der Waals surface area (Å²) in [4.78, 5) is 0. The molecule has 0 spiro atoms. The van der Waals surface area contributed by atoms with Crippen LogP contribution in [-0.2, 0) is 0 Å². The number of rotatable bonds is 2. The molecule has 1 aromatic carbocycles. The number of hydrogen-bond donors (Lipinski definition) is 0. The van der Waals surface area contributed by atoms with Crippen LogP contribution in [0.3, 0.4) is 0 Å². The minimum Gasteiger partial charge on any atom is -0.495 e.